The molecule has 1 aromatic carbocycles. The minimum Gasteiger partial charge on any atom is -0.478 e. The van der Waals surface area contributed by atoms with Crippen LogP contribution in [-0.4, -0.2) is 11.1 Å². The largest absolute Gasteiger partial charge is 0.478 e. The van der Waals surface area contributed by atoms with Gasteiger partial charge in [0.15, 0.2) is 0 Å². The average Bonchev–Trinajstić information content (AvgIpc) is 2.99. The predicted octanol–water partition coefficient (Wildman–Crippen LogP) is 2.28. The summed E-state index contributed by atoms with van der Waals surface area (Å²) in [5.74, 6) is -0.471. The molecule has 3 heteroatoms. The Hall–Kier alpha value is -1.77. The maximum atomic E-state index is 11.0. The minimum atomic E-state index is -0.851. The first kappa shape index (κ1) is 10.4. The van der Waals surface area contributed by atoms with Gasteiger partial charge in [-0.05, 0) is 54.1 Å². The molecule has 0 radical (unpaired) electrons. The first-order chi connectivity index (χ1) is 8.16. The van der Waals surface area contributed by atoms with E-state index in [0.29, 0.717) is 16.9 Å². The maximum Gasteiger partial charge on any atom is 0.335 e. The monoisotopic (exact) mass is 229 g/mol. The number of benzene rings is 1. The van der Waals surface area contributed by atoms with Crippen molar-refractivity contribution in [3.63, 3.8) is 0 Å². The van der Waals surface area contributed by atoms with E-state index in [4.69, 9.17) is 10.8 Å². The zero-order valence-electron chi connectivity index (χ0n) is 9.52. The zero-order chi connectivity index (χ0) is 12.0. The molecule has 17 heavy (non-hydrogen) atoms. The van der Waals surface area contributed by atoms with Gasteiger partial charge in [-0.25, -0.2) is 4.79 Å². The molecule has 0 aliphatic heterocycles. The minimum absolute atomic E-state index is 0.343. The summed E-state index contributed by atoms with van der Waals surface area (Å²) in [7, 11) is 0. The van der Waals surface area contributed by atoms with Crippen LogP contribution in [-0.2, 0) is 6.42 Å². The second kappa shape index (κ2) is 3.36. The summed E-state index contributed by atoms with van der Waals surface area (Å²) in [6, 6.07) is 5.47. The van der Waals surface area contributed by atoms with E-state index < -0.39 is 5.97 Å². The summed E-state index contributed by atoms with van der Waals surface area (Å²) < 4.78 is 0. The average molecular weight is 229 g/mol. The van der Waals surface area contributed by atoms with Gasteiger partial charge in [-0.3, -0.25) is 0 Å². The molecule has 1 atom stereocenters. The predicted molar refractivity (Wildman–Crippen MR) is 64.8 cm³/mol. The number of hydrogen-bond acceptors (Lipinski definition) is 2. The normalized spacial score (nSPS) is 24.1. The standard InChI is InChI=1S/C14H15NO2/c15-6-3-12-11-2-1-9(13(16)17)7-10(11)8-14(12)4-5-14/h1-3,6-7,12H,4-5,8,15H2,(H,16,17)/b6-3-. The van der Waals surface area contributed by atoms with Crippen LogP contribution in [0.4, 0.5) is 0 Å². The Morgan fingerprint density at radius 2 is 2.24 bits per heavy atom. The Bertz CT molecular complexity index is 515. The smallest absolute Gasteiger partial charge is 0.335 e. The lowest BCUT2D eigenvalue weighted by Gasteiger charge is -2.14. The van der Waals surface area contributed by atoms with Crippen LogP contribution < -0.4 is 5.73 Å². The van der Waals surface area contributed by atoms with Gasteiger partial charge in [-0.15, -0.1) is 0 Å². The molecular formula is C14H15NO2. The number of rotatable bonds is 2. The number of fused-ring (bicyclic) bond motifs is 1. The van der Waals surface area contributed by atoms with E-state index in [1.807, 2.05) is 12.1 Å². The van der Waals surface area contributed by atoms with Crippen LogP contribution >= 0.6 is 0 Å². The van der Waals surface area contributed by atoms with E-state index in [-0.39, 0.29) is 0 Å². The Morgan fingerprint density at radius 3 is 2.82 bits per heavy atom. The molecular weight excluding hydrogens is 214 g/mol. The number of carboxylic acid groups (broad SMARTS) is 1. The third-order valence-corrected chi connectivity index (χ3v) is 4.12. The summed E-state index contributed by atoms with van der Waals surface area (Å²) in [6.07, 6.45) is 7.11. The molecule has 1 aromatic rings. The van der Waals surface area contributed by atoms with E-state index in [1.54, 1.807) is 12.3 Å². The first-order valence-corrected chi connectivity index (χ1v) is 5.91. The van der Waals surface area contributed by atoms with Gasteiger partial charge in [-0.2, -0.15) is 0 Å². The molecule has 1 unspecified atom stereocenters. The Balaban J connectivity index is 2.05. The van der Waals surface area contributed by atoms with Crippen LogP contribution in [0.2, 0.25) is 0 Å². The molecule has 2 aliphatic rings. The maximum absolute atomic E-state index is 11.0. The summed E-state index contributed by atoms with van der Waals surface area (Å²) in [4.78, 5) is 11.0. The highest BCUT2D eigenvalue weighted by Gasteiger charge is 2.53. The topological polar surface area (TPSA) is 63.3 Å². The lowest BCUT2D eigenvalue weighted by Crippen LogP contribution is -2.06. The first-order valence-electron chi connectivity index (χ1n) is 5.91. The second-order valence-electron chi connectivity index (χ2n) is 5.12. The van der Waals surface area contributed by atoms with Crippen LogP contribution in [0.25, 0.3) is 0 Å². The number of hydrogen-bond donors (Lipinski definition) is 2. The van der Waals surface area contributed by atoms with Crippen molar-refractivity contribution < 1.29 is 9.90 Å². The van der Waals surface area contributed by atoms with Crippen molar-refractivity contribution in [2.24, 2.45) is 11.1 Å². The Labute approximate surface area is 99.9 Å². The number of nitrogens with two attached hydrogens (primary N) is 1. The highest BCUT2D eigenvalue weighted by Crippen LogP contribution is 2.63. The highest BCUT2D eigenvalue weighted by atomic mass is 16.4. The van der Waals surface area contributed by atoms with E-state index in [9.17, 15) is 4.79 Å². The van der Waals surface area contributed by atoms with Gasteiger partial charge in [0, 0.05) is 5.92 Å². The Morgan fingerprint density at radius 1 is 1.47 bits per heavy atom. The van der Waals surface area contributed by atoms with Crippen molar-refractivity contribution in [1.29, 1.82) is 0 Å². The quantitative estimate of drug-likeness (QED) is 0.817. The van der Waals surface area contributed by atoms with Crippen LogP contribution in [0, 0.1) is 5.41 Å². The van der Waals surface area contributed by atoms with E-state index in [2.05, 4.69) is 6.08 Å². The summed E-state index contributed by atoms with van der Waals surface area (Å²) in [5, 5.41) is 9.00. The van der Waals surface area contributed by atoms with Crippen LogP contribution in [0.5, 0.6) is 0 Å². The Kier molecular flexibility index (Phi) is 2.05. The zero-order valence-corrected chi connectivity index (χ0v) is 9.52. The van der Waals surface area contributed by atoms with E-state index in [1.165, 1.54) is 24.0 Å². The van der Waals surface area contributed by atoms with Crippen molar-refractivity contribution >= 4 is 5.97 Å². The van der Waals surface area contributed by atoms with Gasteiger partial charge in [0.1, 0.15) is 0 Å². The van der Waals surface area contributed by atoms with Gasteiger partial charge in [0.2, 0.25) is 0 Å². The molecule has 0 aromatic heterocycles. The van der Waals surface area contributed by atoms with E-state index in [0.717, 1.165) is 6.42 Å². The van der Waals surface area contributed by atoms with Crippen molar-refractivity contribution in [2.45, 2.75) is 25.2 Å². The fourth-order valence-electron chi connectivity index (χ4n) is 3.08. The molecule has 1 saturated carbocycles. The molecule has 1 spiro atoms. The number of allylic oxidation sites excluding steroid dienone is 1. The summed E-state index contributed by atoms with van der Waals surface area (Å²) in [6.45, 7) is 0. The number of carboxylic acids is 1. The van der Waals surface area contributed by atoms with Gasteiger partial charge in [0.05, 0.1) is 5.56 Å². The molecule has 0 heterocycles. The number of aromatic carboxylic acids is 1. The summed E-state index contributed by atoms with van der Waals surface area (Å²) in [5.41, 5.74) is 8.69. The van der Waals surface area contributed by atoms with Gasteiger partial charge >= 0.3 is 5.97 Å². The lowest BCUT2D eigenvalue weighted by molar-refractivity contribution is 0.0697. The molecule has 2 aliphatic carbocycles. The van der Waals surface area contributed by atoms with Crippen molar-refractivity contribution in [1.82, 2.24) is 0 Å². The molecule has 3 nitrogen and oxygen atoms in total. The fraction of sp³-hybridized carbons (Fsp3) is 0.357. The second-order valence-corrected chi connectivity index (χ2v) is 5.12. The van der Waals surface area contributed by atoms with Crippen LogP contribution in [0.3, 0.4) is 0 Å². The SMILES string of the molecule is N/C=C\C1c2ccc(C(=O)O)cc2CC12CC2. The third-order valence-electron chi connectivity index (χ3n) is 4.12. The highest BCUT2D eigenvalue weighted by molar-refractivity contribution is 5.88. The van der Waals surface area contributed by atoms with Gasteiger partial charge in [0.25, 0.3) is 0 Å². The van der Waals surface area contributed by atoms with Gasteiger partial charge < -0.3 is 10.8 Å². The summed E-state index contributed by atoms with van der Waals surface area (Å²) >= 11 is 0. The molecule has 0 saturated heterocycles. The molecule has 88 valence electrons. The molecule has 3 rings (SSSR count). The van der Waals surface area contributed by atoms with Crippen molar-refractivity contribution in [3.8, 4) is 0 Å². The van der Waals surface area contributed by atoms with Crippen LogP contribution in [0.15, 0.2) is 30.5 Å². The lowest BCUT2D eigenvalue weighted by atomic mass is 9.89. The fourth-order valence-corrected chi connectivity index (χ4v) is 3.08. The molecule has 0 amide bonds. The molecule has 3 N–H and O–H groups in total. The molecule has 1 fully saturated rings. The van der Waals surface area contributed by atoms with Crippen LogP contribution in [0.1, 0.15) is 40.2 Å². The third kappa shape index (κ3) is 1.46. The number of carbonyl (C=O) groups is 1. The van der Waals surface area contributed by atoms with E-state index >= 15 is 0 Å². The van der Waals surface area contributed by atoms with Gasteiger partial charge in [-0.1, -0.05) is 12.1 Å². The van der Waals surface area contributed by atoms with Crippen molar-refractivity contribution in [2.75, 3.05) is 0 Å². The molecule has 0 bridgehead atoms. The van der Waals surface area contributed by atoms with Crippen molar-refractivity contribution in [3.05, 3.63) is 47.2 Å².